The van der Waals surface area contributed by atoms with Gasteiger partial charge in [-0.1, -0.05) is 19.8 Å². The topological polar surface area (TPSA) is 34.1 Å². The molecule has 2 nitrogen and oxygen atoms in total. The minimum atomic E-state index is -0.174. The Kier molecular flexibility index (Phi) is 2.01. The molecule has 0 bridgehead atoms. The van der Waals surface area contributed by atoms with Crippen LogP contribution >= 0.6 is 0 Å². The number of hydrogen-bond acceptors (Lipinski definition) is 2. The second-order valence-corrected chi connectivity index (χ2v) is 4.41. The maximum Gasteiger partial charge on any atom is 0.140 e. The van der Waals surface area contributed by atoms with Gasteiger partial charge >= 0.3 is 0 Å². The Morgan fingerprint density at radius 1 is 1.46 bits per heavy atom. The lowest BCUT2D eigenvalue weighted by molar-refractivity contribution is -0.149. The maximum atomic E-state index is 11.5. The third kappa shape index (κ3) is 1.07. The minimum absolute atomic E-state index is 0.117. The van der Waals surface area contributed by atoms with Crippen LogP contribution < -0.4 is 0 Å². The summed E-state index contributed by atoms with van der Waals surface area (Å²) >= 11 is 0. The molecule has 0 saturated heterocycles. The molecule has 72 valence electrons. The number of carbonyl (C=O) groups is 2. The van der Waals surface area contributed by atoms with Gasteiger partial charge in [0.25, 0.3) is 0 Å². The monoisotopic (exact) mass is 180 g/mol. The Labute approximate surface area is 78.7 Å². The molecule has 2 heteroatoms. The zero-order chi connectivity index (χ0) is 9.47. The van der Waals surface area contributed by atoms with E-state index in [-0.39, 0.29) is 11.3 Å². The second kappa shape index (κ2) is 2.93. The Morgan fingerprint density at radius 2 is 2.23 bits per heavy atom. The Balaban J connectivity index is 2.10. The summed E-state index contributed by atoms with van der Waals surface area (Å²) in [6.07, 6.45) is 5.21. The highest BCUT2D eigenvalue weighted by atomic mass is 16.1. The summed E-state index contributed by atoms with van der Waals surface area (Å²) in [5, 5.41) is 0. The van der Waals surface area contributed by atoms with Gasteiger partial charge in [0.2, 0.25) is 0 Å². The second-order valence-electron chi connectivity index (χ2n) is 4.41. The standard InChI is InChI=1S/C11H16O2/c1-2-3-5-11-6-4-9(12)8(11)7-10(11)13/h8H,2-7H2,1H3/t8-,11+/m0/s1. The molecule has 0 unspecified atom stereocenters. The van der Waals surface area contributed by atoms with E-state index in [9.17, 15) is 9.59 Å². The summed E-state index contributed by atoms with van der Waals surface area (Å²) in [5.41, 5.74) is -0.174. The zero-order valence-corrected chi connectivity index (χ0v) is 8.14. The van der Waals surface area contributed by atoms with E-state index in [1.54, 1.807) is 0 Å². The number of unbranched alkanes of at least 4 members (excludes halogenated alkanes) is 1. The van der Waals surface area contributed by atoms with Crippen LogP contribution in [-0.4, -0.2) is 11.6 Å². The number of Topliss-reactive ketones (excluding diaryl/α,β-unsaturated/α-hetero) is 2. The Hall–Kier alpha value is -0.660. The number of ketones is 2. The first-order valence-electron chi connectivity index (χ1n) is 5.27. The average molecular weight is 180 g/mol. The fourth-order valence-corrected chi connectivity index (χ4v) is 2.83. The van der Waals surface area contributed by atoms with Crippen molar-refractivity contribution in [1.29, 1.82) is 0 Å². The van der Waals surface area contributed by atoms with E-state index >= 15 is 0 Å². The van der Waals surface area contributed by atoms with Crippen LogP contribution in [0.2, 0.25) is 0 Å². The fourth-order valence-electron chi connectivity index (χ4n) is 2.83. The molecule has 0 N–H and O–H groups in total. The van der Waals surface area contributed by atoms with Gasteiger partial charge in [0.1, 0.15) is 11.6 Å². The molecule has 2 fully saturated rings. The van der Waals surface area contributed by atoms with Gasteiger partial charge in [-0.15, -0.1) is 0 Å². The number of carbonyl (C=O) groups excluding carboxylic acids is 2. The van der Waals surface area contributed by atoms with Crippen LogP contribution in [0.5, 0.6) is 0 Å². The molecule has 0 aromatic carbocycles. The van der Waals surface area contributed by atoms with Crippen molar-refractivity contribution in [3.63, 3.8) is 0 Å². The van der Waals surface area contributed by atoms with Gasteiger partial charge in [-0.05, 0) is 12.8 Å². The number of rotatable bonds is 3. The highest BCUT2D eigenvalue weighted by molar-refractivity contribution is 6.04. The van der Waals surface area contributed by atoms with Crippen molar-refractivity contribution < 1.29 is 9.59 Å². The molecule has 0 aromatic rings. The van der Waals surface area contributed by atoms with Crippen molar-refractivity contribution in [3.8, 4) is 0 Å². The van der Waals surface area contributed by atoms with E-state index in [2.05, 4.69) is 6.92 Å². The minimum Gasteiger partial charge on any atom is -0.299 e. The molecule has 2 aliphatic carbocycles. The molecule has 0 aliphatic heterocycles. The fraction of sp³-hybridized carbons (Fsp3) is 0.818. The lowest BCUT2D eigenvalue weighted by Crippen LogP contribution is -2.48. The van der Waals surface area contributed by atoms with Gasteiger partial charge in [0.05, 0.1) is 0 Å². The van der Waals surface area contributed by atoms with E-state index in [0.29, 0.717) is 24.4 Å². The smallest absolute Gasteiger partial charge is 0.140 e. The highest BCUT2D eigenvalue weighted by Crippen LogP contribution is 2.55. The molecule has 0 aromatic heterocycles. The predicted molar refractivity (Wildman–Crippen MR) is 49.3 cm³/mol. The van der Waals surface area contributed by atoms with E-state index in [4.69, 9.17) is 0 Å². The van der Waals surface area contributed by atoms with Crippen molar-refractivity contribution in [2.24, 2.45) is 11.3 Å². The van der Waals surface area contributed by atoms with E-state index in [0.717, 1.165) is 25.7 Å². The number of fused-ring (bicyclic) bond motifs is 1. The van der Waals surface area contributed by atoms with Gasteiger partial charge < -0.3 is 0 Å². The van der Waals surface area contributed by atoms with Crippen LogP contribution in [0.4, 0.5) is 0 Å². The SMILES string of the molecule is CCCC[C@@]12CCC(=O)[C@@H]1CC2=O. The van der Waals surface area contributed by atoms with Crippen molar-refractivity contribution in [3.05, 3.63) is 0 Å². The van der Waals surface area contributed by atoms with E-state index < -0.39 is 0 Å². The van der Waals surface area contributed by atoms with Gasteiger partial charge in [0.15, 0.2) is 0 Å². The lowest BCUT2D eigenvalue weighted by Gasteiger charge is -2.42. The molecule has 13 heavy (non-hydrogen) atoms. The first-order chi connectivity index (χ1) is 6.20. The van der Waals surface area contributed by atoms with Crippen molar-refractivity contribution in [2.45, 2.75) is 45.4 Å². The third-order valence-corrected chi connectivity index (χ3v) is 3.79. The van der Waals surface area contributed by atoms with Crippen molar-refractivity contribution >= 4 is 11.6 Å². The molecule has 0 amide bonds. The summed E-state index contributed by atoms with van der Waals surface area (Å²) in [4.78, 5) is 22.9. The third-order valence-electron chi connectivity index (χ3n) is 3.79. The van der Waals surface area contributed by atoms with Crippen LogP contribution in [-0.2, 0) is 9.59 Å². The summed E-state index contributed by atoms with van der Waals surface area (Å²) in [5.74, 6) is 0.819. The Bertz CT molecular complexity index is 257. The van der Waals surface area contributed by atoms with E-state index in [1.165, 1.54) is 0 Å². The molecule has 2 saturated carbocycles. The normalized spacial score (nSPS) is 37.5. The van der Waals surface area contributed by atoms with Crippen LogP contribution in [0.25, 0.3) is 0 Å². The van der Waals surface area contributed by atoms with Gasteiger partial charge in [-0.25, -0.2) is 0 Å². The zero-order valence-electron chi connectivity index (χ0n) is 8.14. The summed E-state index contributed by atoms with van der Waals surface area (Å²) < 4.78 is 0. The first-order valence-corrected chi connectivity index (χ1v) is 5.27. The lowest BCUT2D eigenvalue weighted by atomic mass is 9.58. The van der Waals surface area contributed by atoms with Crippen molar-refractivity contribution in [1.82, 2.24) is 0 Å². The first kappa shape index (κ1) is 8.92. The summed E-state index contributed by atoms with van der Waals surface area (Å²) in [6.45, 7) is 2.13. The molecule has 0 spiro atoms. The molecule has 0 radical (unpaired) electrons. The maximum absolute atomic E-state index is 11.5. The largest absolute Gasteiger partial charge is 0.299 e. The van der Waals surface area contributed by atoms with E-state index in [1.807, 2.05) is 0 Å². The highest BCUT2D eigenvalue weighted by Gasteiger charge is 2.60. The molecule has 2 rings (SSSR count). The van der Waals surface area contributed by atoms with Crippen LogP contribution in [0.1, 0.15) is 45.4 Å². The summed E-state index contributed by atoms with van der Waals surface area (Å²) in [6, 6.07) is 0. The molecule has 0 heterocycles. The molecular weight excluding hydrogens is 164 g/mol. The van der Waals surface area contributed by atoms with Gasteiger partial charge in [0, 0.05) is 24.2 Å². The van der Waals surface area contributed by atoms with Crippen LogP contribution in [0.3, 0.4) is 0 Å². The Morgan fingerprint density at radius 3 is 2.77 bits per heavy atom. The molecular formula is C11H16O2. The van der Waals surface area contributed by atoms with Crippen LogP contribution in [0, 0.1) is 11.3 Å². The van der Waals surface area contributed by atoms with Crippen molar-refractivity contribution in [2.75, 3.05) is 0 Å². The summed E-state index contributed by atoms with van der Waals surface area (Å²) in [7, 11) is 0. The quantitative estimate of drug-likeness (QED) is 0.666. The molecule has 2 atom stereocenters. The molecule has 2 aliphatic rings. The van der Waals surface area contributed by atoms with Gasteiger partial charge in [-0.3, -0.25) is 9.59 Å². The van der Waals surface area contributed by atoms with Gasteiger partial charge in [-0.2, -0.15) is 0 Å². The predicted octanol–water partition coefficient (Wildman–Crippen LogP) is 2.11. The average Bonchev–Trinajstić information content (AvgIpc) is 2.37. The van der Waals surface area contributed by atoms with Crippen LogP contribution in [0.15, 0.2) is 0 Å². The number of hydrogen-bond donors (Lipinski definition) is 0.